The lowest BCUT2D eigenvalue weighted by Gasteiger charge is -2.22. The van der Waals surface area contributed by atoms with Gasteiger partial charge >= 0.3 is 11.9 Å². The molecule has 0 bridgehead atoms. The maximum atomic E-state index is 11.8. The zero-order chi connectivity index (χ0) is 29.6. The summed E-state index contributed by atoms with van der Waals surface area (Å²) in [4.78, 5) is 23.5. The maximum absolute atomic E-state index is 11.8. The minimum atomic E-state index is -0.557. The second-order valence-corrected chi connectivity index (χ2v) is 10.8. The minimum absolute atomic E-state index is 0.126. The van der Waals surface area contributed by atoms with E-state index in [0.717, 1.165) is 51.7 Å². The van der Waals surface area contributed by atoms with Crippen LogP contribution >= 0.6 is 15.9 Å². The zero-order valence-corrected chi connectivity index (χ0v) is 26.0. The minimum Gasteiger partial charge on any atom is -0.488 e. The number of rotatable bonds is 18. The fourth-order valence-corrected chi connectivity index (χ4v) is 4.72. The summed E-state index contributed by atoms with van der Waals surface area (Å²) in [5.41, 5.74) is 0. The molecule has 0 spiro atoms. The van der Waals surface area contributed by atoms with Gasteiger partial charge in [-0.25, -0.2) is 0 Å². The van der Waals surface area contributed by atoms with Crippen LogP contribution in [0, 0.1) is 0 Å². The van der Waals surface area contributed by atoms with E-state index < -0.39 is 12.2 Å². The van der Waals surface area contributed by atoms with E-state index in [2.05, 4.69) is 29.8 Å². The quantitative estimate of drug-likeness (QED) is 0.0840. The molecule has 0 radical (unpaired) electrons. The van der Waals surface area contributed by atoms with Crippen molar-refractivity contribution >= 4 is 49.4 Å². The van der Waals surface area contributed by atoms with E-state index in [1.807, 2.05) is 42.5 Å². The van der Waals surface area contributed by atoms with E-state index in [-0.39, 0.29) is 38.4 Å². The highest BCUT2D eigenvalue weighted by atomic mass is 79.9. The van der Waals surface area contributed by atoms with E-state index >= 15 is 0 Å². The lowest BCUT2D eigenvalue weighted by molar-refractivity contribution is -0.152. The molecule has 0 aromatic heterocycles. The summed E-state index contributed by atoms with van der Waals surface area (Å²) in [7, 11) is 0. The van der Waals surface area contributed by atoms with Crippen molar-refractivity contribution in [2.24, 2.45) is 0 Å². The monoisotopic (exact) mass is 632 g/mol. The Balaban J connectivity index is 1.93. The van der Waals surface area contributed by atoms with Crippen molar-refractivity contribution in [3.8, 4) is 11.5 Å². The first-order valence-corrected chi connectivity index (χ1v) is 15.0. The second kappa shape index (κ2) is 17.2. The number of fused-ring (bicyclic) bond motifs is 2. The van der Waals surface area contributed by atoms with E-state index in [1.54, 1.807) is 0 Å². The summed E-state index contributed by atoms with van der Waals surface area (Å²) < 4.78 is 36.1. The number of esters is 2. The van der Waals surface area contributed by atoms with Crippen molar-refractivity contribution in [3.63, 3.8) is 0 Å². The highest BCUT2D eigenvalue weighted by Gasteiger charge is 2.21. The number of ether oxygens (including phenoxy) is 6. The predicted octanol–water partition coefficient (Wildman–Crippen LogP) is 7.01. The van der Waals surface area contributed by atoms with Crippen LogP contribution in [0.5, 0.6) is 11.5 Å². The first-order chi connectivity index (χ1) is 19.8. The molecule has 41 heavy (non-hydrogen) atoms. The number of unbranched alkanes of at least 4 members (excludes halogenated alkanes) is 2. The third kappa shape index (κ3) is 10.2. The topological polar surface area (TPSA) is 89.5 Å². The Morgan fingerprint density at radius 1 is 0.683 bits per heavy atom. The van der Waals surface area contributed by atoms with Gasteiger partial charge in [-0.3, -0.25) is 9.59 Å². The number of carbonyl (C=O) groups is 2. The van der Waals surface area contributed by atoms with Crippen molar-refractivity contribution in [3.05, 3.63) is 46.9 Å². The lowest BCUT2D eigenvalue weighted by Crippen LogP contribution is -2.29. The van der Waals surface area contributed by atoms with Crippen molar-refractivity contribution in [2.75, 3.05) is 39.6 Å². The lowest BCUT2D eigenvalue weighted by atomic mass is 10.0. The zero-order valence-electron chi connectivity index (χ0n) is 24.4. The van der Waals surface area contributed by atoms with Gasteiger partial charge in [0.2, 0.25) is 0 Å². The average molecular weight is 634 g/mol. The first kappa shape index (κ1) is 32.6. The number of hydrogen-bond donors (Lipinski definition) is 0. The smallest absolute Gasteiger partial charge is 0.303 e. The normalized spacial score (nSPS) is 12.7. The van der Waals surface area contributed by atoms with Crippen LogP contribution in [0.1, 0.15) is 53.4 Å². The van der Waals surface area contributed by atoms with Crippen molar-refractivity contribution < 1.29 is 38.0 Å². The van der Waals surface area contributed by atoms with Gasteiger partial charge in [0.05, 0.1) is 13.2 Å². The van der Waals surface area contributed by atoms with Gasteiger partial charge in [0.25, 0.3) is 0 Å². The SMILES string of the molecule is CCCCOCC(COc1c2ccccc2c(OCC(COCCCC)OC(C)=O)c2cc(Br)ccc12)OC(C)=O. The van der Waals surface area contributed by atoms with Gasteiger partial charge in [-0.1, -0.05) is 66.9 Å². The molecule has 2 atom stereocenters. The van der Waals surface area contributed by atoms with Crippen LogP contribution in [-0.2, 0) is 28.5 Å². The van der Waals surface area contributed by atoms with E-state index in [4.69, 9.17) is 28.4 Å². The molecule has 2 unspecified atom stereocenters. The van der Waals surface area contributed by atoms with Gasteiger partial charge in [0.15, 0.2) is 12.2 Å². The molecule has 8 nitrogen and oxygen atoms in total. The number of halogens is 1. The molecule has 0 fully saturated rings. The third-order valence-electron chi connectivity index (χ3n) is 6.27. The van der Waals surface area contributed by atoms with Gasteiger partial charge in [-0.2, -0.15) is 0 Å². The van der Waals surface area contributed by atoms with Gasteiger partial charge in [0, 0.05) is 53.1 Å². The van der Waals surface area contributed by atoms with E-state index in [0.29, 0.717) is 24.7 Å². The maximum Gasteiger partial charge on any atom is 0.303 e. The van der Waals surface area contributed by atoms with Crippen LogP contribution < -0.4 is 9.47 Å². The van der Waals surface area contributed by atoms with Crippen LogP contribution in [0.2, 0.25) is 0 Å². The molecule has 0 aliphatic rings. The Hall–Kier alpha value is -2.88. The van der Waals surface area contributed by atoms with Crippen LogP contribution in [0.15, 0.2) is 46.9 Å². The first-order valence-electron chi connectivity index (χ1n) is 14.2. The average Bonchev–Trinajstić information content (AvgIpc) is 2.94. The van der Waals surface area contributed by atoms with Gasteiger partial charge < -0.3 is 28.4 Å². The number of benzene rings is 3. The summed E-state index contributed by atoms with van der Waals surface area (Å²) >= 11 is 3.59. The van der Waals surface area contributed by atoms with Crippen LogP contribution in [0.4, 0.5) is 0 Å². The Bertz CT molecular complexity index is 1280. The fourth-order valence-electron chi connectivity index (χ4n) is 4.36. The van der Waals surface area contributed by atoms with Crippen molar-refractivity contribution in [1.82, 2.24) is 0 Å². The Kier molecular flexibility index (Phi) is 13.7. The molecular weight excluding hydrogens is 592 g/mol. The van der Waals surface area contributed by atoms with Crippen LogP contribution in [0.25, 0.3) is 21.5 Å². The molecule has 0 saturated heterocycles. The molecule has 9 heteroatoms. The van der Waals surface area contributed by atoms with Crippen molar-refractivity contribution in [2.45, 2.75) is 65.6 Å². The summed E-state index contributed by atoms with van der Waals surface area (Å²) in [5, 5.41) is 3.34. The van der Waals surface area contributed by atoms with E-state index in [1.165, 1.54) is 13.8 Å². The Morgan fingerprint density at radius 2 is 1.15 bits per heavy atom. The molecule has 224 valence electrons. The standard InChI is InChI=1S/C32H41BrO8/c1-5-7-15-36-18-25(40-22(3)34)20-38-31-27-11-9-10-12-28(27)32(30-17-24(33)13-14-29(30)31)39-21-26(41-23(4)35)19-37-16-8-6-2/h9-14,17,25-26H,5-8,15-16,18-21H2,1-4H3. The van der Waals surface area contributed by atoms with E-state index in [9.17, 15) is 9.59 Å². The molecule has 3 aromatic carbocycles. The molecule has 0 saturated carbocycles. The highest BCUT2D eigenvalue weighted by molar-refractivity contribution is 9.10. The fraction of sp³-hybridized carbons (Fsp3) is 0.500. The summed E-state index contributed by atoms with van der Waals surface area (Å²) in [6, 6.07) is 13.7. The van der Waals surface area contributed by atoms with Crippen LogP contribution in [-0.4, -0.2) is 63.8 Å². The molecule has 0 N–H and O–H groups in total. The summed E-state index contributed by atoms with van der Waals surface area (Å²) in [6.07, 6.45) is 2.79. The molecular formula is C32H41BrO8. The Labute approximate surface area is 250 Å². The molecule has 0 amide bonds. The van der Waals surface area contributed by atoms with Crippen LogP contribution in [0.3, 0.4) is 0 Å². The molecule has 3 aromatic rings. The summed E-state index contributed by atoms with van der Waals surface area (Å²) in [6.45, 7) is 8.89. The highest BCUT2D eigenvalue weighted by Crippen LogP contribution is 2.43. The van der Waals surface area contributed by atoms with Gasteiger partial charge in [-0.15, -0.1) is 0 Å². The number of hydrogen-bond acceptors (Lipinski definition) is 8. The molecule has 0 heterocycles. The second-order valence-electron chi connectivity index (χ2n) is 9.84. The third-order valence-corrected chi connectivity index (χ3v) is 6.76. The Morgan fingerprint density at radius 3 is 1.61 bits per heavy atom. The van der Waals surface area contributed by atoms with Gasteiger partial charge in [-0.05, 0) is 31.0 Å². The van der Waals surface area contributed by atoms with Crippen molar-refractivity contribution in [1.29, 1.82) is 0 Å². The van der Waals surface area contributed by atoms with Gasteiger partial charge in [0.1, 0.15) is 24.7 Å². The molecule has 3 rings (SSSR count). The molecule has 0 aliphatic heterocycles. The largest absolute Gasteiger partial charge is 0.488 e. The summed E-state index contributed by atoms with van der Waals surface area (Å²) in [5.74, 6) is 0.524. The predicted molar refractivity (Wildman–Crippen MR) is 163 cm³/mol. The molecule has 0 aliphatic carbocycles. The number of carbonyl (C=O) groups excluding carboxylic acids is 2.